The Morgan fingerprint density at radius 3 is 2.33 bits per heavy atom. The van der Waals surface area contributed by atoms with Crippen LogP contribution >= 0.6 is 0 Å². The summed E-state index contributed by atoms with van der Waals surface area (Å²) in [5.41, 5.74) is -0.167. The highest BCUT2D eigenvalue weighted by atomic mass is 16.5. The Morgan fingerprint density at radius 2 is 1.83 bits per heavy atom. The van der Waals surface area contributed by atoms with Crippen molar-refractivity contribution in [3.05, 3.63) is 0 Å². The van der Waals surface area contributed by atoms with E-state index >= 15 is 0 Å². The van der Waals surface area contributed by atoms with Crippen molar-refractivity contribution in [2.75, 3.05) is 7.11 Å². The summed E-state index contributed by atoms with van der Waals surface area (Å²) < 4.78 is 5.39. The van der Waals surface area contributed by atoms with E-state index in [4.69, 9.17) is 4.74 Å². The second-order valence-electron chi connectivity index (χ2n) is 4.27. The van der Waals surface area contributed by atoms with Gasteiger partial charge in [-0.3, -0.25) is 0 Å². The molecule has 2 atom stereocenters. The Bertz CT molecular complexity index is 143. The Hall–Kier alpha value is -0.0800. The second kappa shape index (κ2) is 3.75. The van der Waals surface area contributed by atoms with Crippen LogP contribution in [0, 0.1) is 5.92 Å². The lowest BCUT2D eigenvalue weighted by Gasteiger charge is -2.39. The molecule has 1 aliphatic carbocycles. The molecule has 2 heteroatoms. The van der Waals surface area contributed by atoms with E-state index < -0.39 is 0 Å². The SMILES string of the molecule is COC(C)(C)[C@@H]1CCCC[C@@H]1O. The summed E-state index contributed by atoms with van der Waals surface area (Å²) in [4.78, 5) is 0. The third-order valence-corrected chi connectivity index (χ3v) is 3.15. The first-order valence-corrected chi connectivity index (χ1v) is 4.81. The molecule has 0 bridgehead atoms. The summed E-state index contributed by atoms with van der Waals surface area (Å²) in [6, 6.07) is 0. The molecule has 1 N–H and O–H groups in total. The maximum Gasteiger partial charge on any atom is 0.0675 e. The van der Waals surface area contributed by atoms with Crippen LogP contribution in [0.1, 0.15) is 39.5 Å². The molecule has 0 unspecified atom stereocenters. The molecule has 0 spiro atoms. The summed E-state index contributed by atoms with van der Waals surface area (Å²) in [6.45, 7) is 4.12. The van der Waals surface area contributed by atoms with Gasteiger partial charge in [0.15, 0.2) is 0 Å². The first-order chi connectivity index (χ1) is 5.58. The van der Waals surface area contributed by atoms with Crippen molar-refractivity contribution in [3.8, 4) is 0 Å². The zero-order valence-corrected chi connectivity index (χ0v) is 8.34. The van der Waals surface area contributed by atoms with Crippen molar-refractivity contribution in [1.29, 1.82) is 0 Å². The Labute approximate surface area is 74.9 Å². The topological polar surface area (TPSA) is 29.5 Å². The van der Waals surface area contributed by atoms with E-state index in [0.29, 0.717) is 5.92 Å². The Morgan fingerprint density at radius 1 is 1.25 bits per heavy atom. The molecule has 0 aromatic rings. The maximum atomic E-state index is 9.76. The van der Waals surface area contributed by atoms with E-state index in [1.807, 2.05) is 0 Å². The minimum absolute atomic E-state index is 0.159. The summed E-state index contributed by atoms with van der Waals surface area (Å²) in [5, 5.41) is 9.76. The highest BCUT2D eigenvalue weighted by Gasteiger charge is 2.36. The Kier molecular flexibility index (Phi) is 3.13. The number of aliphatic hydroxyl groups excluding tert-OH is 1. The van der Waals surface area contributed by atoms with Gasteiger partial charge in [-0.2, -0.15) is 0 Å². The number of rotatable bonds is 2. The number of ether oxygens (including phenoxy) is 1. The van der Waals surface area contributed by atoms with Gasteiger partial charge in [-0.1, -0.05) is 12.8 Å². The molecule has 0 aliphatic heterocycles. The molecule has 0 amide bonds. The molecule has 0 aromatic heterocycles. The molecular weight excluding hydrogens is 152 g/mol. The molecule has 0 aromatic carbocycles. The summed E-state index contributed by atoms with van der Waals surface area (Å²) in [7, 11) is 1.72. The molecule has 1 rings (SSSR count). The van der Waals surface area contributed by atoms with Crippen molar-refractivity contribution in [1.82, 2.24) is 0 Å². The van der Waals surface area contributed by atoms with Crippen LogP contribution in [0.2, 0.25) is 0 Å². The fraction of sp³-hybridized carbons (Fsp3) is 1.00. The Balaban J connectivity index is 2.58. The molecule has 0 heterocycles. The zero-order valence-electron chi connectivity index (χ0n) is 8.34. The largest absolute Gasteiger partial charge is 0.393 e. The van der Waals surface area contributed by atoms with Crippen LogP contribution in [0.15, 0.2) is 0 Å². The van der Waals surface area contributed by atoms with Crippen LogP contribution in [0.4, 0.5) is 0 Å². The third kappa shape index (κ3) is 1.99. The first kappa shape index (κ1) is 10.0. The van der Waals surface area contributed by atoms with Gasteiger partial charge in [-0.25, -0.2) is 0 Å². The monoisotopic (exact) mass is 172 g/mol. The average Bonchev–Trinajstić information content (AvgIpc) is 2.05. The van der Waals surface area contributed by atoms with Gasteiger partial charge in [0.05, 0.1) is 11.7 Å². The molecule has 72 valence electrons. The number of aliphatic hydroxyl groups is 1. The lowest BCUT2D eigenvalue weighted by molar-refractivity contribution is -0.0890. The van der Waals surface area contributed by atoms with Gasteiger partial charge in [0, 0.05) is 13.0 Å². The average molecular weight is 172 g/mol. The van der Waals surface area contributed by atoms with Crippen molar-refractivity contribution in [2.45, 2.75) is 51.2 Å². The quantitative estimate of drug-likeness (QED) is 0.690. The second-order valence-corrected chi connectivity index (χ2v) is 4.27. The van der Waals surface area contributed by atoms with Gasteiger partial charge in [-0.05, 0) is 26.7 Å². The van der Waals surface area contributed by atoms with Gasteiger partial charge in [0.2, 0.25) is 0 Å². The molecule has 1 saturated carbocycles. The minimum Gasteiger partial charge on any atom is -0.393 e. The van der Waals surface area contributed by atoms with E-state index in [0.717, 1.165) is 19.3 Å². The molecule has 0 saturated heterocycles. The standard InChI is InChI=1S/C10H20O2/c1-10(2,12-3)8-6-4-5-7-9(8)11/h8-9,11H,4-7H2,1-3H3/t8-,9+/m1/s1. The van der Waals surface area contributed by atoms with Crippen LogP contribution in [0.5, 0.6) is 0 Å². The van der Waals surface area contributed by atoms with Crippen LogP contribution < -0.4 is 0 Å². The third-order valence-electron chi connectivity index (χ3n) is 3.15. The van der Waals surface area contributed by atoms with Gasteiger partial charge >= 0.3 is 0 Å². The van der Waals surface area contributed by atoms with Gasteiger partial charge < -0.3 is 9.84 Å². The van der Waals surface area contributed by atoms with E-state index in [2.05, 4.69) is 13.8 Å². The summed E-state index contributed by atoms with van der Waals surface area (Å²) in [6.07, 6.45) is 4.28. The molecular formula is C10H20O2. The highest BCUT2D eigenvalue weighted by molar-refractivity contribution is 4.87. The normalized spacial score (nSPS) is 32.0. The van der Waals surface area contributed by atoms with Crippen molar-refractivity contribution < 1.29 is 9.84 Å². The fourth-order valence-corrected chi connectivity index (χ4v) is 2.07. The first-order valence-electron chi connectivity index (χ1n) is 4.81. The predicted molar refractivity (Wildman–Crippen MR) is 49.1 cm³/mol. The van der Waals surface area contributed by atoms with Crippen molar-refractivity contribution in [2.24, 2.45) is 5.92 Å². The van der Waals surface area contributed by atoms with E-state index in [9.17, 15) is 5.11 Å². The van der Waals surface area contributed by atoms with E-state index in [1.54, 1.807) is 7.11 Å². The smallest absolute Gasteiger partial charge is 0.0675 e. The highest BCUT2D eigenvalue weighted by Crippen LogP contribution is 2.34. The van der Waals surface area contributed by atoms with E-state index in [1.165, 1.54) is 6.42 Å². The van der Waals surface area contributed by atoms with E-state index in [-0.39, 0.29) is 11.7 Å². The van der Waals surface area contributed by atoms with Crippen LogP contribution in [0.3, 0.4) is 0 Å². The van der Waals surface area contributed by atoms with Gasteiger partial charge in [0.1, 0.15) is 0 Å². The predicted octanol–water partition coefficient (Wildman–Crippen LogP) is 1.96. The van der Waals surface area contributed by atoms with Crippen LogP contribution in [-0.4, -0.2) is 23.9 Å². The molecule has 2 nitrogen and oxygen atoms in total. The minimum atomic E-state index is -0.167. The lowest BCUT2D eigenvalue weighted by Crippen LogP contribution is -2.42. The number of hydrogen-bond acceptors (Lipinski definition) is 2. The number of methoxy groups -OCH3 is 1. The lowest BCUT2D eigenvalue weighted by atomic mass is 9.77. The molecule has 0 radical (unpaired) electrons. The van der Waals surface area contributed by atoms with Crippen LogP contribution in [-0.2, 0) is 4.74 Å². The maximum absolute atomic E-state index is 9.76. The van der Waals surface area contributed by atoms with Gasteiger partial charge in [-0.15, -0.1) is 0 Å². The number of hydrogen-bond donors (Lipinski definition) is 1. The van der Waals surface area contributed by atoms with Crippen molar-refractivity contribution in [3.63, 3.8) is 0 Å². The van der Waals surface area contributed by atoms with Crippen molar-refractivity contribution >= 4 is 0 Å². The molecule has 1 aliphatic rings. The summed E-state index contributed by atoms with van der Waals surface area (Å²) >= 11 is 0. The fourth-order valence-electron chi connectivity index (χ4n) is 2.07. The van der Waals surface area contributed by atoms with Gasteiger partial charge in [0.25, 0.3) is 0 Å². The van der Waals surface area contributed by atoms with Crippen LogP contribution in [0.25, 0.3) is 0 Å². The molecule has 12 heavy (non-hydrogen) atoms. The molecule has 1 fully saturated rings. The zero-order chi connectivity index (χ0) is 9.19. The summed E-state index contributed by atoms with van der Waals surface area (Å²) in [5.74, 6) is 0.316.